The minimum atomic E-state index is -0.415. The van der Waals surface area contributed by atoms with Crippen LogP contribution in [-0.4, -0.2) is 10.0 Å². The summed E-state index contributed by atoms with van der Waals surface area (Å²) in [6.45, 7) is 6.71. The summed E-state index contributed by atoms with van der Waals surface area (Å²) in [5.41, 5.74) is 2.56. The first-order chi connectivity index (χ1) is 10.3. The van der Waals surface area contributed by atoms with Gasteiger partial charge in [-0.2, -0.15) is 0 Å². The van der Waals surface area contributed by atoms with Crippen molar-refractivity contribution >= 4 is 11.4 Å². The van der Waals surface area contributed by atoms with E-state index in [1.165, 1.54) is 12.1 Å². The lowest BCUT2D eigenvalue weighted by molar-refractivity contribution is -0.384. The molecule has 0 unspecified atom stereocenters. The van der Waals surface area contributed by atoms with E-state index in [2.05, 4.69) is 26.1 Å². The molecular formula is C17H20N2O3. The molecule has 2 N–H and O–H groups in total. The summed E-state index contributed by atoms with van der Waals surface area (Å²) in [7, 11) is 0. The summed E-state index contributed by atoms with van der Waals surface area (Å²) in [6, 6.07) is 11.9. The van der Waals surface area contributed by atoms with E-state index >= 15 is 0 Å². The lowest BCUT2D eigenvalue weighted by Crippen LogP contribution is -2.11. The quantitative estimate of drug-likeness (QED) is 0.504. The molecule has 0 saturated carbocycles. The van der Waals surface area contributed by atoms with E-state index in [0.29, 0.717) is 12.2 Å². The van der Waals surface area contributed by atoms with Crippen molar-refractivity contribution in [2.75, 3.05) is 5.32 Å². The van der Waals surface area contributed by atoms with Crippen molar-refractivity contribution in [1.82, 2.24) is 0 Å². The first-order valence-electron chi connectivity index (χ1n) is 7.08. The number of nitro groups is 1. The third-order valence-electron chi connectivity index (χ3n) is 3.47. The van der Waals surface area contributed by atoms with Gasteiger partial charge in [-0.3, -0.25) is 10.1 Å². The number of nitrogens with zero attached hydrogens (tertiary/aromatic N) is 1. The van der Waals surface area contributed by atoms with E-state index in [-0.39, 0.29) is 16.9 Å². The number of nitrogens with one attached hydrogen (secondary N) is 1. The molecule has 0 aliphatic rings. The van der Waals surface area contributed by atoms with Crippen LogP contribution in [0.3, 0.4) is 0 Å². The lowest BCUT2D eigenvalue weighted by atomic mass is 9.87. The van der Waals surface area contributed by atoms with Crippen molar-refractivity contribution < 1.29 is 10.0 Å². The molecule has 0 aliphatic carbocycles. The first-order valence-corrected chi connectivity index (χ1v) is 7.08. The maximum Gasteiger partial charge on any atom is 0.269 e. The molecule has 0 spiro atoms. The van der Waals surface area contributed by atoms with Crippen LogP contribution < -0.4 is 5.32 Å². The van der Waals surface area contributed by atoms with Crippen molar-refractivity contribution in [3.63, 3.8) is 0 Å². The Balaban J connectivity index is 2.18. The molecule has 0 radical (unpaired) electrons. The molecule has 0 amide bonds. The molecule has 5 heteroatoms. The van der Waals surface area contributed by atoms with E-state index in [1.807, 2.05) is 18.2 Å². The van der Waals surface area contributed by atoms with Crippen molar-refractivity contribution in [3.8, 4) is 5.75 Å². The predicted octanol–water partition coefficient (Wildman–Crippen LogP) is 4.21. The second-order valence-electron chi connectivity index (χ2n) is 6.26. The number of phenols is 1. The van der Waals surface area contributed by atoms with Gasteiger partial charge in [0, 0.05) is 18.7 Å². The van der Waals surface area contributed by atoms with Crippen LogP contribution in [0.5, 0.6) is 5.75 Å². The van der Waals surface area contributed by atoms with Crippen LogP contribution in [0.1, 0.15) is 31.9 Å². The fourth-order valence-electron chi connectivity index (χ4n) is 2.12. The molecule has 116 valence electrons. The number of hydrogen-bond acceptors (Lipinski definition) is 4. The molecule has 2 aromatic rings. The second kappa shape index (κ2) is 6.05. The fraction of sp³-hybridized carbons (Fsp3) is 0.294. The molecule has 22 heavy (non-hydrogen) atoms. The number of hydrogen-bond donors (Lipinski definition) is 2. The summed E-state index contributed by atoms with van der Waals surface area (Å²) in [4.78, 5) is 10.4. The Hall–Kier alpha value is -2.56. The van der Waals surface area contributed by atoms with Crippen LogP contribution in [0.15, 0.2) is 42.5 Å². The average Bonchev–Trinajstić information content (AvgIpc) is 2.45. The normalized spacial score (nSPS) is 11.2. The van der Waals surface area contributed by atoms with Crippen LogP contribution in [0.25, 0.3) is 0 Å². The first kappa shape index (κ1) is 15.8. The summed E-state index contributed by atoms with van der Waals surface area (Å²) in [5.74, 6) is 0.165. The van der Waals surface area contributed by atoms with E-state index in [1.54, 1.807) is 12.1 Å². The van der Waals surface area contributed by atoms with Gasteiger partial charge < -0.3 is 10.4 Å². The zero-order chi connectivity index (χ0) is 16.3. The number of benzene rings is 2. The zero-order valence-corrected chi connectivity index (χ0v) is 13.0. The van der Waals surface area contributed by atoms with Crippen LogP contribution in [0, 0.1) is 10.1 Å². The van der Waals surface area contributed by atoms with E-state index < -0.39 is 4.92 Å². The van der Waals surface area contributed by atoms with Gasteiger partial charge in [0.25, 0.3) is 5.69 Å². The number of phenolic OH excluding ortho intramolecular Hbond substituents is 1. The maximum absolute atomic E-state index is 10.8. The predicted molar refractivity (Wildman–Crippen MR) is 87.2 cm³/mol. The molecule has 0 saturated heterocycles. The largest absolute Gasteiger partial charge is 0.506 e. The van der Waals surface area contributed by atoms with Gasteiger partial charge in [0.15, 0.2) is 0 Å². The van der Waals surface area contributed by atoms with Crippen molar-refractivity contribution in [3.05, 3.63) is 63.7 Å². The fourth-order valence-corrected chi connectivity index (χ4v) is 2.12. The van der Waals surface area contributed by atoms with Crippen LogP contribution in [-0.2, 0) is 12.0 Å². The van der Waals surface area contributed by atoms with Crippen LogP contribution in [0.2, 0.25) is 0 Å². The number of rotatable bonds is 4. The monoisotopic (exact) mass is 300 g/mol. The van der Waals surface area contributed by atoms with Gasteiger partial charge >= 0.3 is 0 Å². The minimum Gasteiger partial charge on any atom is -0.506 e. The molecule has 2 aromatic carbocycles. The van der Waals surface area contributed by atoms with Gasteiger partial charge in [-0.25, -0.2) is 0 Å². The van der Waals surface area contributed by atoms with E-state index in [4.69, 9.17) is 0 Å². The van der Waals surface area contributed by atoms with Gasteiger partial charge in [0.05, 0.1) is 10.6 Å². The highest BCUT2D eigenvalue weighted by molar-refractivity contribution is 5.58. The van der Waals surface area contributed by atoms with Gasteiger partial charge in [-0.05, 0) is 28.7 Å². The molecule has 0 fully saturated rings. The van der Waals surface area contributed by atoms with Crippen molar-refractivity contribution in [2.24, 2.45) is 0 Å². The SMILES string of the molecule is CC(C)(C)c1ccc(O)c(NCc2cccc([N+](=O)[O-])c2)c1. The maximum atomic E-state index is 10.8. The van der Waals surface area contributed by atoms with Gasteiger partial charge in [0.1, 0.15) is 5.75 Å². The average molecular weight is 300 g/mol. The molecule has 0 heterocycles. The van der Waals surface area contributed by atoms with Gasteiger partial charge in [0.2, 0.25) is 0 Å². The van der Waals surface area contributed by atoms with E-state index in [9.17, 15) is 15.2 Å². The van der Waals surface area contributed by atoms with Crippen LogP contribution in [0.4, 0.5) is 11.4 Å². The summed E-state index contributed by atoms with van der Waals surface area (Å²) in [6.07, 6.45) is 0. The molecule has 5 nitrogen and oxygen atoms in total. The topological polar surface area (TPSA) is 75.4 Å². The summed E-state index contributed by atoms with van der Waals surface area (Å²) < 4.78 is 0. The smallest absolute Gasteiger partial charge is 0.269 e. The Morgan fingerprint density at radius 3 is 2.55 bits per heavy atom. The number of anilines is 1. The minimum absolute atomic E-state index is 0.0182. The highest BCUT2D eigenvalue weighted by atomic mass is 16.6. The molecule has 0 aliphatic heterocycles. The Morgan fingerprint density at radius 1 is 1.18 bits per heavy atom. The van der Waals surface area contributed by atoms with Crippen molar-refractivity contribution in [1.29, 1.82) is 0 Å². The molecule has 0 bridgehead atoms. The highest BCUT2D eigenvalue weighted by Gasteiger charge is 2.15. The molecule has 0 aromatic heterocycles. The Bertz CT molecular complexity index is 691. The second-order valence-corrected chi connectivity index (χ2v) is 6.26. The number of nitro benzene ring substituents is 1. The third kappa shape index (κ3) is 3.75. The third-order valence-corrected chi connectivity index (χ3v) is 3.47. The summed E-state index contributed by atoms with van der Waals surface area (Å²) in [5, 5.41) is 23.9. The highest BCUT2D eigenvalue weighted by Crippen LogP contribution is 2.31. The Kier molecular flexibility index (Phi) is 4.35. The van der Waals surface area contributed by atoms with Crippen molar-refractivity contribution in [2.45, 2.75) is 32.7 Å². The Morgan fingerprint density at radius 2 is 1.91 bits per heavy atom. The molecule has 0 atom stereocenters. The molecular weight excluding hydrogens is 280 g/mol. The van der Waals surface area contributed by atoms with E-state index in [0.717, 1.165) is 11.1 Å². The van der Waals surface area contributed by atoms with Crippen LogP contribution >= 0.6 is 0 Å². The Labute approximate surface area is 129 Å². The molecule has 2 rings (SSSR count). The lowest BCUT2D eigenvalue weighted by Gasteiger charge is -2.20. The number of aromatic hydroxyl groups is 1. The van der Waals surface area contributed by atoms with Gasteiger partial charge in [-0.1, -0.05) is 39.0 Å². The zero-order valence-electron chi connectivity index (χ0n) is 13.0. The number of non-ortho nitro benzene ring substituents is 1. The standard InChI is InChI=1S/C17H20N2O3/c1-17(2,3)13-7-8-16(20)15(10-13)18-11-12-5-4-6-14(9-12)19(21)22/h4-10,18,20H,11H2,1-3H3. The van der Waals surface area contributed by atoms with Gasteiger partial charge in [-0.15, -0.1) is 0 Å². The summed E-state index contributed by atoms with van der Waals surface area (Å²) >= 11 is 0.